The average Bonchev–Trinajstić information content (AvgIpc) is 2.64. The Hall–Kier alpha value is -1.93. The van der Waals surface area contributed by atoms with E-state index in [0.717, 1.165) is 12.1 Å². The molecular weight excluding hydrogens is 374 g/mol. The van der Waals surface area contributed by atoms with Crippen LogP contribution in [0, 0.1) is 0 Å². The van der Waals surface area contributed by atoms with Gasteiger partial charge in [-0.2, -0.15) is 0 Å². The monoisotopic (exact) mass is 397 g/mol. The topological polar surface area (TPSA) is 87.3 Å². The molecule has 0 aliphatic carbocycles. The molecule has 0 aliphatic heterocycles. The quantitative estimate of drug-likeness (QED) is 0.564. The normalized spacial score (nSPS) is 10.8. The summed E-state index contributed by atoms with van der Waals surface area (Å²) in [5.74, 6) is -0.294. The second-order valence-corrected chi connectivity index (χ2v) is 7.21. The van der Waals surface area contributed by atoms with E-state index in [1.165, 1.54) is 12.1 Å². The van der Waals surface area contributed by atoms with Gasteiger partial charge in [0.25, 0.3) is 5.91 Å². The van der Waals surface area contributed by atoms with Crippen LogP contribution in [0.3, 0.4) is 0 Å². The highest BCUT2D eigenvalue weighted by Gasteiger charge is 2.16. The molecule has 0 heterocycles. The third-order valence-electron chi connectivity index (χ3n) is 3.55. The van der Waals surface area contributed by atoms with Crippen molar-refractivity contribution in [3.63, 3.8) is 0 Å². The van der Waals surface area contributed by atoms with E-state index in [-0.39, 0.29) is 29.8 Å². The fourth-order valence-electron chi connectivity index (χ4n) is 2.21. The Morgan fingerprint density at radius 2 is 1.73 bits per heavy atom. The predicted molar refractivity (Wildman–Crippen MR) is 105 cm³/mol. The van der Waals surface area contributed by atoms with Gasteiger partial charge in [-0.3, -0.25) is 4.79 Å². The second-order valence-electron chi connectivity index (χ2n) is 5.45. The van der Waals surface area contributed by atoms with E-state index in [1.807, 2.05) is 37.3 Å². The van der Waals surface area contributed by atoms with Crippen molar-refractivity contribution < 1.29 is 13.2 Å². The zero-order valence-electron chi connectivity index (χ0n) is 14.6. The summed E-state index contributed by atoms with van der Waals surface area (Å²) in [6, 6.07) is 15.3. The average molecular weight is 398 g/mol. The molecule has 2 aromatic rings. The second kappa shape index (κ2) is 10.9. The molecule has 0 unspecified atom stereocenters. The molecule has 0 spiro atoms. The van der Waals surface area contributed by atoms with Crippen LogP contribution in [0.15, 0.2) is 59.5 Å². The Bertz CT molecular complexity index is 798. The highest BCUT2D eigenvalue weighted by molar-refractivity contribution is 7.89. The third kappa shape index (κ3) is 6.76. The third-order valence-corrected chi connectivity index (χ3v) is 4.95. The maximum atomic E-state index is 12.4. The number of carbonyl (C=O) groups is 1. The molecule has 142 valence electrons. The summed E-state index contributed by atoms with van der Waals surface area (Å²) in [6.07, 6.45) is 0. The van der Waals surface area contributed by atoms with Crippen LogP contribution in [0.2, 0.25) is 0 Å². The van der Waals surface area contributed by atoms with Crippen molar-refractivity contribution in [2.75, 3.05) is 19.6 Å². The molecule has 26 heavy (non-hydrogen) atoms. The van der Waals surface area contributed by atoms with Crippen LogP contribution in [0.1, 0.15) is 22.8 Å². The molecule has 0 saturated carbocycles. The van der Waals surface area contributed by atoms with Crippen LogP contribution >= 0.6 is 12.4 Å². The first kappa shape index (κ1) is 22.1. The fraction of sp³-hybridized carbons (Fsp3) is 0.278. The largest absolute Gasteiger partial charge is 0.351 e. The van der Waals surface area contributed by atoms with Crippen LogP contribution in [0.5, 0.6) is 0 Å². The minimum atomic E-state index is -3.69. The number of rotatable bonds is 9. The Morgan fingerprint density at radius 3 is 2.42 bits per heavy atom. The van der Waals surface area contributed by atoms with Crippen LogP contribution in [-0.2, 0) is 16.6 Å². The minimum absolute atomic E-state index is 0. The lowest BCUT2D eigenvalue weighted by Crippen LogP contribution is -2.32. The Kier molecular flexibility index (Phi) is 9.29. The van der Waals surface area contributed by atoms with Gasteiger partial charge in [-0.05, 0) is 30.3 Å². The first-order valence-electron chi connectivity index (χ1n) is 8.15. The van der Waals surface area contributed by atoms with Gasteiger partial charge in [-0.25, -0.2) is 13.1 Å². The van der Waals surface area contributed by atoms with E-state index in [0.29, 0.717) is 18.7 Å². The van der Waals surface area contributed by atoms with Gasteiger partial charge in [0.15, 0.2) is 0 Å². The Labute approximate surface area is 160 Å². The van der Waals surface area contributed by atoms with E-state index in [2.05, 4.69) is 15.4 Å². The maximum Gasteiger partial charge on any atom is 0.251 e. The van der Waals surface area contributed by atoms with Crippen molar-refractivity contribution >= 4 is 28.3 Å². The molecule has 2 aromatic carbocycles. The lowest BCUT2D eigenvalue weighted by Gasteiger charge is -2.09. The summed E-state index contributed by atoms with van der Waals surface area (Å²) < 4.78 is 27.4. The zero-order valence-corrected chi connectivity index (χ0v) is 16.2. The number of nitrogens with one attached hydrogen (secondary N) is 3. The SMILES string of the molecule is CCNCCNC(=O)c1cccc(S(=O)(=O)NCc2ccccc2)c1.Cl. The first-order chi connectivity index (χ1) is 12.0. The zero-order chi connectivity index (χ0) is 18.1. The molecule has 1 amide bonds. The molecule has 8 heteroatoms. The van der Waals surface area contributed by atoms with Gasteiger partial charge in [0.05, 0.1) is 4.90 Å². The highest BCUT2D eigenvalue weighted by atomic mass is 35.5. The van der Waals surface area contributed by atoms with Crippen molar-refractivity contribution in [1.29, 1.82) is 0 Å². The smallest absolute Gasteiger partial charge is 0.251 e. The van der Waals surface area contributed by atoms with Gasteiger partial charge >= 0.3 is 0 Å². The van der Waals surface area contributed by atoms with E-state index in [1.54, 1.807) is 12.1 Å². The van der Waals surface area contributed by atoms with Crippen molar-refractivity contribution in [2.24, 2.45) is 0 Å². The van der Waals surface area contributed by atoms with Crippen molar-refractivity contribution in [3.05, 3.63) is 65.7 Å². The van der Waals surface area contributed by atoms with Gasteiger partial charge in [0.2, 0.25) is 10.0 Å². The lowest BCUT2D eigenvalue weighted by atomic mass is 10.2. The molecule has 0 aliphatic rings. The predicted octanol–water partition coefficient (Wildman–Crippen LogP) is 1.93. The molecule has 0 aromatic heterocycles. The summed E-state index contributed by atoms with van der Waals surface area (Å²) in [6.45, 7) is 4.16. The minimum Gasteiger partial charge on any atom is -0.351 e. The summed E-state index contributed by atoms with van der Waals surface area (Å²) in [5, 5.41) is 5.86. The summed E-state index contributed by atoms with van der Waals surface area (Å²) in [7, 11) is -3.69. The first-order valence-corrected chi connectivity index (χ1v) is 9.64. The number of likely N-dealkylation sites (N-methyl/N-ethyl adjacent to an activating group) is 1. The number of hydrogen-bond donors (Lipinski definition) is 3. The lowest BCUT2D eigenvalue weighted by molar-refractivity contribution is 0.0953. The number of carbonyl (C=O) groups excluding carboxylic acids is 1. The molecule has 0 fully saturated rings. The number of benzene rings is 2. The van der Waals surface area contributed by atoms with Crippen LogP contribution in [0.25, 0.3) is 0 Å². The molecule has 0 saturated heterocycles. The van der Waals surface area contributed by atoms with Crippen LogP contribution in [-0.4, -0.2) is 34.0 Å². The number of hydrogen-bond acceptors (Lipinski definition) is 4. The molecule has 6 nitrogen and oxygen atoms in total. The molecule has 2 rings (SSSR count). The molecule has 0 bridgehead atoms. The number of sulfonamides is 1. The number of amides is 1. The van der Waals surface area contributed by atoms with Crippen molar-refractivity contribution in [1.82, 2.24) is 15.4 Å². The number of halogens is 1. The van der Waals surface area contributed by atoms with E-state index in [9.17, 15) is 13.2 Å². The van der Waals surface area contributed by atoms with Crippen molar-refractivity contribution in [2.45, 2.75) is 18.4 Å². The molecule has 3 N–H and O–H groups in total. The van der Waals surface area contributed by atoms with Crippen LogP contribution in [0.4, 0.5) is 0 Å². The van der Waals surface area contributed by atoms with Gasteiger partial charge in [0.1, 0.15) is 0 Å². The van der Waals surface area contributed by atoms with Crippen LogP contribution < -0.4 is 15.4 Å². The van der Waals surface area contributed by atoms with E-state index in [4.69, 9.17) is 0 Å². The van der Waals surface area contributed by atoms with Gasteiger partial charge in [-0.1, -0.05) is 43.3 Å². The molecule has 0 radical (unpaired) electrons. The van der Waals surface area contributed by atoms with E-state index >= 15 is 0 Å². The van der Waals surface area contributed by atoms with E-state index < -0.39 is 10.0 Å². The summed E-state index contributed by atoms with van der Waals surface area (Å²) >= 11 is 0. The van der Waals surface area contributed by atoms with Gasteiger partial charge in [0, 0.05) is 25.2 Å². The molecular formula is C18H24ClN3O3S. The Morgan fingerprint density at radius 1 is 1.00 bits per heavy atom. The Balaban J connectivity index is 0.00000338. The fourth-order valence-corrected chi connectivity index (χ4v) is 3.27. The summed E-state index contributed by atoms with van der Waals surface area (Å²) in [5.41, 5.74) is 1.18. The van der Waals surface area contributed by atoms with Crippen molar-refractivity contribution in [3.8, 4) is 0 Å². The maximum absolute atomic E-state index is 12.4. The highest BCUT2D eigenvalue weighted by Crippen LogP contribution is 2.12. The van der Waals surface area contributed by atoms with Gasteiger partial charge in [-0.15, -0.1) is 12.4 Å². The summed E-state index contributed by atoms with van der Waals surface area (Å²) in [4.78, 5) is 12.2. The standard InChI is InChI=1S/C18H23N3O3S.ClH/c1-2-19-11-12-20-18(22)16-9-6-10-17(13-16)25(23,24)21-14-15-7-4-3-5-8-15;/h3-10,13,19,21H,2,11-12,14H2,1H3,(H,20,22);1H. The van der Waals surface area contributed by atoms with Gasteiger partial charge < -0.3 is 10.6 Å². The molecule has 0 atom stereocenters.